The lowest BCUT2D eigenvalue weighted by molar-refractivity contribution is -0.114. The number of amidine groups is 1. The molecule has 0 fully saturated rings. The van der Waals surface area contributed by atoms with E-state index in [1.165, 1.54) is 4.52 Å². The molecule has 4 aromatic rings. The minimum absolute atomic E-state index is 0.0310. The fourth-order valence-corrected chi connectivity index (χ4v) is 5.33. The van der Waals surface area contributed by atoms with Gasteiger partial charge in [0, 0.05) is 36.6 Å². The summed E-state index contributed by atoms with van der Waals surface area (Å²) in [5, 5.41) is 11.5. The van der Waals surface area contributed by atoms with Crippen LogP contribution in [0.1, 0.15) is 35.5 Å². The van der Waals surface area contributed by atoms with Gasteiger partial charge in [-0.05, 0) is 37.6 Å². The molecule has 0 radical (unpaired) electrons. The topological polar surface area (TPSA) is 136 Å². The number of aromatic nitrogens is 5. The third-order valence-corrected chi connectivity index (χ3v) is 7.73. The number of benzene rings is 1. The Morgan fingerprint density at radius 1 is 1.17 bits per heavy atom. The predicted octanol–water partition coefficient (Wildman–Crippen LogP) is 3.50. The quantitative estimate of drug-likeness (QED) is 0.370. The Bertz CT molecular complexity index is 1830. The van der Waals surface area contributed by atoms with Crippen LogP contribution in [0.3, 0.4) is 0 Å². The van der Waals surface area contributed by atoms with Crippen molar-refractivity contribution < 1.29 is 9.59 Å². The first-order valence-corrected chi connectivity index (χ1v) is 13.7. The number of nitrogen functional groups attached to an aromatic ring is 1. The molecule has 0 saturated heterocycles. The van der Waals surface area contributed by atoms with Gasteiger partial charge in [-0.2, -0.15) is 5.10 Å². The monoisotopic (exact) mass is 561 g/mol. The summed E-state index contributed by atoms with van der Waals surface area (Å²) in [7, 11) is 1.89. The molecule has 11 heteroatoms. The van der Waals surface area contributed by atoms with E-state index in [0.717, 1.165) is 16.8 Å². The van der Waals surface area contributed by atoms with Crippen LogP contribution in [0.4, 0.5) is 11.5 Å². The second kappa shape index (κ2) is 10.6. The lowest BCUT2D eigenvalue weighted by Gasteiger charge is -2.38. The summed E-state index contributed by atoms with van der Waals surface area (Å²) in [6.45, 7) is 5.84. The molecule has 3 N–H and O–H groups in total. The maximum absolute atomic E-state index is 14.4. The molecule has 6 rings (SSSR count). The van der Waals surface area contributed by atoms with E-state index in [-0.39, 0.29) is 23.2 Å². The van der Waals surface area contributed by atoms with Crippen molar-refractivity contribution in [2.24, 2.45) is 18.0 Å². The Morgan fingerprint density at radius 3 is 2.69 bits per heavy atom. The molecule has 1 aromatic carbocycles. The van der Waals surface area contributed by atoms with Gasteiger partial charge >= 0.3 is 0 Å². The van der Waals surface area contributed by atoms with Crippen LogP contribution in [0.25, 0.3) is 11.7 Å². The summed E-state index contributed by atoms with van der Waals surface area (Å²) in [5.74, 6) is -0.170. The van der Waals surface area contributed by atoms with E-state index < -0.39 is 18.0 Å². The minimum atomic E-state index is -0.642. The zero-order valence-corrected chi connectivity index (χ0v) is 23.8. The van der Waals surface area contributed by atoms with Crippen molar-refractivity contribution in [1.82, 2.24) is 29.7 Å². The number of fused-ring (bicyclic) bond motifs is 2. The van der Waals surface area contributed by atoms with Gasteiger partial charge < -0.3 is 11.1 Å². The van der Waals surface area contributed by atoms with Crippen molar-refractivity contribution in [2.75, 3.05) is 10.6 Å². The van der Waals surface area contributed by atoms with Crippen LogP contribution < -0.4 is 16.0 Å². The molecule has 1 aliphatic carbocycles. The SMILES string of the molecule is Cc1c(/C=C/C2=C3C(=O)N(c4ccccc4)C([C@H](C)NC(=O)c4c(N)nn5cccnc45)=NC3C(C)C=C2)cnn1C. The number of allylic oxidation sites excluding steroid dienone is 3. The fraction of sp³-hybridized carbons (Fsp3) is 0.226. The van der Waals surface area contributed by atoms with Crippen molar-refractivity contribution in [3.63, 3.8) is 0 Å². The van der Waals surface area contributed by atoms with Crippen molar-refractivity contribution >= 4 is 40.9 Å². The maximum atomic E-state index is 14.4. The van der Waals surface area contributed by atoms with Gasteiger partial charge in [-0.15, -0.1) is 5.10 Å². The van der Waals surface area contributed by atoms with Crippen molar-refractivity contribution in [3.05, 3.63) is 101 Å². The molecule has 3 aromatic heterocycles. The number of para-hydroxylation sites is 1. The van der Waals surface area contributed by atoms with Gasteiger partial charge in [0.2, 0.25) is 0 Å². The number of nitrogens with two attached hydrogens (primary N) is 1. The molecule has 42 heavy (non-hydrogen) atoms. The van der Waals surface area contributed by atoms with Gasteiger partial charge in [-0.25, -0.2) is 9.50 Å². The van der Waals surface area contributed by atoms with E-state index in [0.29, 0.717) is 22.7 Å². The summed E-state index contributed by atoms with van der Waals surface area (Å²) < 4.78 is 3.27. The van der Waals surface area contributed by atoms with E-state index in [4.69, 9.17) is 10.7 Å². The summed E-state index contributed by atoms with van der Waals surface area (Å²) in [6.07, 6.45) is 13.0. The molecule has 11 nitrogen and oxygen atoms in total. The number of hydrogen-bond donors (Lipinski definition) is 2. The number of hydrogen-bond acceptors (Lipinski definition) is 7. The third-order valence-electron chi connectivity index (χ3n) is 7.73. The van der Waals surface area contributed by atoms with E-state index in [2.05, 4.69) is 26.6 Å². The van der Waals surface area contributed by atoms with Crippen molar-refractivity contribution in [1.29, 1.82) is 0 Å². The summed E-state index contributed by atoms with van der Waals surface area (Å²) in [6, 6.07) is 9.97. The highest BCUT2D eigenvalue weighted by atomic mass is 16.2. The number of rotatable bonds is 6. The summed E-state index contributed by atoms with van der Waals surface area (Å²) in [4.78, 5) is 38.9. The minimum Gasteiger partial charge on any atom is -0.381 e. The normalized spacial score (nSPS) is 19.4. The fourth-order valence-electron chi connectivity index (χ4n) is 5.33. The third kappa shape index (κ3) is 4.58. The first-order chi connectivity index (χ1) is 20.2. The summed E-state index contributed by atoms with van der Waals surface area (Å²) in [5.41, 5.74) is 10.7. The number of nitrogens with one attached hydrogen (secondary N) is 1. The zero-order valence-electron chi connectivity index (χ0n) is 23.8. The second-order valence-corrected chi connectivity index (χ2v) is 10.5. The zero-order chi connectivity index (χ0) is 29.5. The van der Waals surface area contributed by atoms with E-state index >= 15 is 0 Å². The molecule has 2 unspecified atom stereocenters. The number of aryl methyl sites for hydroxylation is 1. The molecule has 2 amide bonds. The van der Waals surface area contributed by atoms with Gasteiger partial charge in [-0.1, -0.05) is 49.4 Å². The van der Waals surface area contributed by atoms with Gasteiger partial charge in [-0.3, -0.25) is 24.2 Å². The van der Waals surface area contributed by atoms with Gasteiger partial charge in [0.15, 0.2) is 11.5 Å². The predicted molar refractivity (Wildman–Crippen MR) is 162 cm³/mol. The molecule has 0 bridgehead atoms. The van der Waals surface area contributed by atoms with Crippen LogP contribution in [0, 0.1) is 12.8 Å². The number of aliphatic imine (C=N–C) groups is 1. The average Bonchev–Trinajstić information content (AvgIpc) is 3.50. The van der Waals surface area contributed by atoms with Crippen molar-refractivity contribution in [3.8, 4) is 0 Å². The Kier molecular flexibility index (Phi) is 6.77. The first-order valence-electron chi connectivity index (χ1n) is 13.7. The maximum Gasteiger partial charge on any atom is 0.262 e. The molecule has 3 atom stereocenters. The smallest absolute Gasteiger partial charge is 0.262 e. The number of carbonyl (C=O) groups is 2. The highest BCUT2D eigenvalue weighted by molar-refractivity contribution is 6.27. The molecule has 212 valence electrons. The number of amides is 2. The first kappa shape index (κ1) is 26.9. The van der Waals surface area contributed by atoms with Crippen LogP contribution >= 0.6 is 0 Å². The average molecular weight is 562 g/mol. The van der Waals surface area contributed by atoms with Gasteiger partial charge in [0.1, 0.15) is 11.4 Å². The molecular formula is C31H31N9O2. The number of anilines is 2. The summed E-state index contributed by atoms with van der Waals surface area (Å²) >= 11 is 0. The molecule has 4 heterocycles. The lowest BCUT2D eigenvalue weighted by Crippen LogP contribution is -2.55. The Hall–Kier alpha value is -5.32. The van der Waals surface area contributed by atoms with Crippen LogP contribution in [0.15, 0.2) is 89.4 Å². The van der Waals surface area contributed by atoms with Crippen LogP contribution in [-0.2, 0) is 11.8 Å². The van der Waals surface area contributed by atoms with E-state index in [9.17, 15) is 9.59 Å². The van der Waals surface area contributed by atoms with E-state index in [1.807, 2.05) is 74.1 Å². The Balaban J connectivity index is 1.41. The molecule has 0 spiro atoms. The van der Waals surface area contributed by atoms with Crippen LogP contribution in [0.5, 0.6) is 0 Å². The number of carbonyl (C=O) groups excluding carboxylic acids is 2. The van der Waals surface area contributed by atoms with Crippen LogP contribution in [-0.4, -0.2) is 54.1 Å². The van der Waals surface area contributed by atoms with Gasteiger partial charge in [0.25, 0.3) is 11.8 Å². The second-order valence-electron chi connectivity index (χ2n) is 10.5. The molecule has 1 aliphatic heterocycles. The standard InChI is InChI=1S/C31H31N9O2/c1-18-11-12-21(13-14-22-17-34-38(4)20(22)3)24-26(18)36-28(40(31(24)42)23-9-6-5-7-10-23)19(2)35-30(41)25-27(32)37-39-16-8-15-33-29(25)39/h5-19,26H,1-4H3,(H2,32,37)(H,35,41)/b14-13+/t18?,19-,26?/m0/s1. The van der Waals surface area contributed by atoms with Gasteiger partial charge in [0.05, 0.1) is 29.5 Å². The molecule has 0 saturated carbocycles. The van der Waals surface area contributed by atoms with Crippen molar-refractivity contribution in [2.45, 2.75) is 32.9 Å². The highest BCUT2D eigenvalue weighted by Crippen LogP contribution is 2.35. The largest absolute Gasteiger partial charge is 0.381 e. The van der Waals surface area contributed by atoms with E-state index in [1.54, 1.807) is 36.5 Å². The lowest BCUT2D eigenvalue weighted by atomic mass is 9.83. The number of nitrogens with zero attached hydrogens (tertiary/aromatic N) is 7. The molecular weight excluding hydrogens is 530 g/mol. The Morgan fingerprint density at radius 2 is 1.95 bits per heavy atom. The Labute approximate surface area is 242 Å². The highest BCUT2D eigenvalue weighted by Gasteiger charge is 2.41. The van der Waals surface area contributed by atoms with Crippen LogP contribution in [0.2, 0.25) is 0 Å². The molecule has 2 aliphatic rings.